The van der Waals surface area contributed by atoms with E-state index in [1.807, 2.05) is 30.3 Å². The second-order valence-corrected chi connectivity index (χ2v) is 5.85. The van der Waals surface area contributed by atoms with Crippen LogP contribution in [0.5, 0.6) is 5.75 Å². The molecule has 20 heavy (non-hydrogen) atoms. The van der Waals surface area contributed by atoms with Crippen LogP contribution < -0.4 is 4.74 Å². The molecule has 0 saturated heterocycles. The van der Waals surface area contributed by atoms with Crippen LogP contribution in [0.2, 0.25) is 0 Å². The minimum absolute atomic E-state index is 0.234. The molecule has 0 atom stereocenters. The smallest absolute Gasteiger partial charge is 0.134 e. The number of fused-ring (bicyclic) bond motifs is 2. The molecule has 0 fully saturated rings. The van der Waals surface area contributed by atoms with Gasteiger partial charge in [0.25, 0.3) is 0 Å². The predicted molar refractivity (Wildman–Crippen MR) is 76.0 cm³/mol. The van der Waals surface area contributed by atoms with Gasteiger partial charge in [0.15, 0.2) is 0 Å². The highest BCUT2D eigenvalue weighted by molar-refractivity contribution is 7.85. The molecule has 0 aliphatic heterocycles. The van der Waals surface area contributed by atoms with E-state index < -0.39 is 10.1 Å². The summed E-state index contributed by atoms with van der Waals surface area (Å²) in [5.74, 6) is 0.674. The Kier molecular flexibility index (Phi) is 2.88. The molecule has 3 aromatic rings. The Hall–Kier alpha value is -2.11. The molecule has 3 aromatic carbocycles. The van der Waals surface area contributed by atoms with Crippen molar-refractivity contribution < 1.29 is 17.7 Å². The van der Waals surface area contributed by atoms with Gasteiger partial charge in [0.05, 0.1) is 12.0 Å². The maximum absolute atomic E-state index is 11.1. The molecule has 4 nitrogen and oxygen atoms in total. The van der Waals surface area contributed by atoms with Gasteiger partial charge in [0.1, 0.15) is 15.9 Å². The highest BCUT2D eigenvalue weighted by atomic mass is 32.2. The minimum Gasteiger partial charge on any atom is -0.744 e. The number of ether oxygens (including phenoxy) is 1. The van der Waals surface area contributed by atoms with Gasteiger partial charge in [-0.1, -0.05) is 24.3 Å². The SMILES string of the molecule is COc1c2ccccc2cc2cc(S(=O)(=O)[O-])ccc12. The monoisotopic (exact) mass is 287 g/mol. The van der Waals surface area contributed by atoms with Crippen LogP contribution in [-0.2, 0) is 10.1 Å². The lowest BCUT2D eigenvalue weighted by atomic mass is 10.0. The van der Waals surface area contributed by atoms with Gasteiger partial charge < -0.3 is 9.29 Å². The van der Waals surface area contributed by atoms with Crippen LogP contribution in [0.3, 0.4) is 0 Å². The van der Waals surface area contributed by atoms with E-state index in [-0.39, 0.29) is 4.90 Å². The molecule has 102 valence electrons. The van der Waals surface area contributed by atoms with Crippen molar-refractivity contribution in [1.82, 2.24) is 0 Å². The van der Waals surface area contributed by atoms with Crippen LogP contribution in [0.4, 0.5) is 0 Å². The van der Waals surface area contributed by atoms with Crippen LogP contribution in [0, 0.1) is 0 Å². The maximum atomic E-state index is 11.1. The van der Waals surface area contributed by atoms with Gasteiger partial charge in [-0.3, -0.25) is 0 Å². The Morgan fingerprint density at radius 3 is 2.35 bits per heavy atom. The van der Waals surface area contributed by atoms with Crippen LogP contribution in [0.15, 0.2) is 53.4 Å². The maximum Gasteiger partial charge on any atom is 0.134 e. The molecule has 0 aromatic heterocycles. The molecule has 5 heteroatoms. The molecular formula is C15H11O4S-. The fourth-order valence-electron chi connectivity index (χ4n) is 2.38. The molecule has 0 spiro atoms. The highest BCUT2D eigenvalue weighted by Gasteiger charge is 2.10. The molecule has 0 N–H and O–H groups in total. The normalized spacial score (nSPS) is 11.9. The molecule has 0 heterocycles. The third kappa shape index (κ3) is 2.01. The molecule has 0 unspecified atom stereocenters. The summed E-state index contributed by atoms with van der Waals surface area (Å²) in [4.78, 5) is -0.234. The van der Waals surface area contributed by atoms with Gasteiger partial charge in [0.2, 0.25) is 0 Å². The molecule has 0 aliphatic rings. The van der Waals surface area contributed by atoms with E-state index >= 15 is 0 Å². The van der Waals surface area contributed by atoms with Gasteiger partial charge in [-0.05, 0) is 35.0 Å². The first-order chi connectivity index (χ1) is 9.50. The average Bonchev–Trinajstić information content (AvgIpc) is 2.43. The Bertz CT molecular complexity index is 914. The highest BCUT2D eigenvalue weighted by Crippen LogP contribution is 2.35. The summed E-state index contributed by atoms with van der Waals surface area (Å²) in [6.45, 7) is 0. The predicted octanol–water partition coefficient (Wildman–Crippen LogP) is 2.91. The lowest BCUT2D eigenvalue weighted by Crippen LogP contribution is -1.98. The number of rotatable bonds is 2. The van der Waals surface area contributed by atoms with Crippen molar-refractivity contribution in [2.75, 3.05) is 7.11 Å². The zero-order valence-corrected chi connectivity index (χ0v) is 11.5. The minimum atomic E-state index is -4.46. The molecule has 0 bridgehead atoms. The van der Waals surface area contributed by atoms with E-state index in [2.05, 4.69) is 0 Å². The Labute approximate surface area is 116 Å². The number of methoxy groups -OCH3 is 1. The third-order valence-electron chi connectivity index (χ3n) is 3.28. The molecule has 0 saturated carbocycles. The van der Waals surface area contributed by atoms with Gasteiger partial charge in [-0.25, -0.2) is 8.42 Å². The Morgan fingerprint density at radius 2 is 1.65 bits per heavy atom. The number of hydrogen-bond donors (Lipinski definition) is 0. The van der Waals surface area contributed by atoms with E-state index in [1.165, 1.54) is 12.1 Å². The van der Waals surface area contributed by atoms with Crippen LogP contribution in [-0.4, -0.2) is 20.1 Å². The first kappa shape index (κ1) is 12.9. The van der Waals surface area contributed by atoms with Crippen molar-refractivity contribution in [2.45, 2.75) is 4.90 Å². The van der Waals surface area contributed by atoms with Crippen molar-refractivity contribution >= 4 is 31.7 Å². The Morgan fingerprint density at radius 1 is 0.950 bits per heavy atom. The summed E-state index contributed by atoms with van der Waals surface area (Å²) in [5.41, 5.74) is 0. The van der Waals surface area contributed by atoms with E-state index in [0.29, 0.717) is 11.1 Å². The zero-order valence-electron chi connectivity index (χ0n) is 10.7. The molecular weight excluding hydrogens is 276 g/mol. The van der Waals surface area contributed by atoms with Crippen LogP contribution in [0.25, 0.3) is 21.5 Å². The summed E-state index contributed by atoms with van der Waals surface area (Å²) in [6, 6.07) is 13.8. The second kappa shape index (κ2) is 4.47. The fraction of sp³-hybridized carbons (Fsp3) is 0.0667. The number of benzene rings is 3. The van der Waals surface area contributed by atoms with Gasteiger partial charge in [0, 0.05) is 10.8 Å². The average molecular weight is 287 g/mol. The van der Waals surface area contributed by atoms with Crippen molar-refractivity contribution in [1.29, 1.82) is 0 Å². The van der Waals surface area contributed by atoms with Crippen molar-refractivity contribution in [3.8, 4) is 5.75 Å². The van der Waals surface area contributed by atoms with E-state index in [0.717, 1.165) is 16.2 Å². The molecule has 0 amide bonds. The molecule has 0 aliphatic carbocycles. The standard InChI is InChI=1S/C15H12O4S/c1-19-15-13-5-3-2-4-10(13)8-11-9-12(20(16,17)18)6-7-14(11)15/h2-9H,1H3,(H,16,17,18)/p-1. The van der Waals surface area contributed by atoms with E-state index in [4.69, 9.17) is 4.74 Å². The third-order valence-corrected chi connectivity index (χ3v) is 4.11. The first-order valence-corrected chi connectivity index (χ1v) is 7.37. The second-order valence-electron chi connectivity index (χ2n) is 4.47. The summed E-state index contributed by atoms with van der Waals surface area (Å²) >= 11 is 0. The van der Waals surface area contributed by atoms with E-state index in [9.17, 15) is 13.0 Å². The quantitative estimate of drug-likeness (QED) is 0.537. The van der Waals surface area contributed by atoms with Crippen LogP contribution >= 0.6 is 0 Å². The lowest BCUT2D eigenvalue weighted by molar-refractivity contribution is 0.424. The molecule has 3 rings (SSSR count). The largest absolute Gasteiger partial charge is 0.744 e. The summed E-state index contributed by atoms with van der Waals surface area (Å²) in [7, 11) is -2.89. The van der Waals surface area contributed by atoms with Crippen LogP contribution in [0.1, 0.15) is 0 Å². The van der Waals surface area contributed by atoms with Crippen molar-refractivity contribution in [3.05, 3.63) is 48.5 Å². The summed E-state index contributed by atoms with van der Waals surface area (Å²) in [6.07, 6.45) is 0. The van der Waals surface area contributed by atoms with E-state index in [1.54, 1.807) is 13.2 Å². The zero-order chi connectivity index (χ0) is 14.3. The Balaban J connectivity index is 2.45. The summed E-state index contributed by atoms with van der Waals surface area (Å²) in [5, 5.41) is 3.31. The van der Waals surface area contributed by atoms with Crippen molar-refractivity contribution in [3.63, 3.8) is 0 Å². The molecule has 0 radical (unpaired) electrons. The number of hydrogen-bond acceptors (Lipinski definition) is 4. The topological polar surface area (TPSA) is 66.4 Å². The van der Waals surface area contributed by atoms with Gasteiger partial charge in [-0.2, -0.15) is 0 Å². The fourth-order valence-corrected chi connectivity index (χ4v) is 2.89. The summed E-state index contributed by atoms with van der Waals surface area (Å²) < 4.78 is 38.8. The van der Waals surface area contributed by atoms with Gasteiger partial charge in [-0.15, -0.1) is 0 Å². The first-order valence-electron chi connectivity index (χ1n) is 5.96. The van der Waals surface area contributed by atoms with Gasteiger partial charge >= 0.3 is 0 Å². The van der Waals surface area contributed by atoms with Crippen molar-refractivity contribution in [2.24, 2.45) is 0 Å². The lowest BCUT2D eigenvalue weighted by Gasteiger charge is -2.12.